The Morgan fingerprint density at radius 3 is 2.29 bits per heavy atom. The summed E-state index contributed by atoms with van der Waals surface area (Å²) in [5.74, 6) is 0.301. The fourth-order valence-corrected chi connectivity index (χ4v) is 1.70. The topological polar surface area (TPSA) is 42.9 Å². The average molecular weight is 192 g/mol. The molecule has 0 aliphatic rings. The minimum absolute atomic E-state index is 0.122. The number of aryl methyl sites for hydroxylation is 1. The van der Waals surface area contributed by atoms with Crippen molar-refractivity contribution in [2.45, 2.75) is 33.6 Å². The molecular formula is C11H16N2O. The normalized spacial score (nSPS) is 12.9. The smallest absolute Gasteiger partial charge is 0.139 e. The summed E-state index contributed by atoms with van der Waals surface area (Å²) in [5.41, 5.74) is 1.66. The van der Waals surface area contributed by atoms with Crippen LogP contribution >= 0.6 is 0 Å². The first-order valence-electron chi connectivity index (χ1n) is 4.82. The molecule has 3 nitrogen and oxygen atoms in total. The van der Waals surface area contributed by atoms with E-state index in [1.807, 2.05) is 20.8 Å². The predicted molar refractivity (Wildman–Crippen MR) is 55.0 cm³/mol. The van der Waals surface area contributed by atoms with Gasteiger partial charge < -0.3 is 0 Å². The van der Waals surface area contributed by atoms with Crippen molar-refractivity contribution >= 4 is 5.78 Å². The number of carbonyl (C=O) groups excluding carboxylic acids is 1. The predicted octanol–water partition coefficient (Wildman–Crippen LogP) is 2.11. The van der Waals surface area contributed by atoms with E-state index in [1.54, 1.807) is 19.3 Å². The number of hydrogen-bond donors (Lipinski definition) is 0. The number of ketones is 1. The monoisotopic (exact) mass is 192 g/mol. The van der Waals surface area contributed by atoms with Crippen LogP contribution in [0.25, 0.3) is 0 Å². The molecule has 0 spiro atoms. The van der Waals surface area contributed by atoms with E-state index in [0.717, 1.165) is 11.4 Å². The third kappa shape index (κ3) is 2.16. The van der Waals surface area contributed by atoms with Gasteiger partial charge in [0.2, 0.25) is 0 Å². The van der Waals surface area contributed by atoms with E-state index >= 15 is 0 Å². The Morgan fingerprint density at radius 2 is 1.86 bits per heavy atom. The number of rotatable bonds is 3. The SMILES string of the molecule is CC(=O)C(c1nccnc1C)C(C)C. The van der Waals surface area contributed by atoms with Gasteiger partial charge in [-0.05, 0) is 19.8 Å². The van der Waals surface area contributed by atoms with Crippen LogP contribution in [0.4, 0.5) is 0 Å². The first kappa shape index (κ1) is 10.8. The van der Waals surface area contributed by atoms with Crippen molar-refractivity contribution in [3.05, 3.63) is 23.8 Å². The molecule has 1 atom stereocenters. The summed E-state index contributed by atoms with van der Waals surface area (Å²) < 4.78 is 0. The molecule has 0 N–H and O–H groups in total. The van der Waals surface area contributed by atoms with Gasteiger partial charge in [0.15, 0.2) is 0 Å². The summed E-state index contributed by atoms with van der Waals surface area (Å²) in [4.78, 5) is 19.9. The van der Waals surface area contributed by atoms with Crippen LogP contribution in [0.1, 0.15) is 38.1 Å². The Kier molecular flexibility index (Phi) is 3.33. The quantitative estimate of drug-likeness (QED) is 0.736. The fraction of sp³-hybridized carbons (Fsp3) is 0.545. The van der Waals surface area contributed by atoms with Gasteiger partial charge in [-0.1, -0.05) is 13.8 Å². The molecule has 0 aliphatic heterocycles. The second-order valence-electron chi connectivity index (χ2n) is 3.86. The highest BCUT2D eigenvalue weighted by Gasteiger charge is 2.23. The summed E-state index contributed by atoms with van der Waals surface area (Å²) in [6, 6.07) is 0. The number of Topliss-reactive ketones (excluding diaryl/α,β-unsaturated/α-hetero) is 1. The first-order valence-corrected chi connectivity index (χ1v) is 4.82. The summed E-state index contributed by atoms with van der Waals surface area (Å²) in [7, 11) is 0. The molecule has 0 aliphatic carbocycles. The van der Waals surface area contributed by atoms with Gasteiger partial charge in [-0.25, -0.2) is 0 Å². The zero-order valence-electron chi connectivity index (χ0n) is 9.11. The van der Waals surface area contributed by atoms with Gasteiger partial charge in [0.1, 0.15) is 5.78 Å². The molecule has 0 saturated carbocycles. The molecule has 76 valence electrons. The molecule has 1 unspecified atom stereocenters. The second kappa shape index (κ2) is 4.31. The van der Waals surface area contributed by atoms with Gasteiger partial charge in [0.25, 0.3) is 0 Å². The van der Waals surface area contributed by atoms with E-state index in [0.29, 0.717) is 0 Å². The summed E-state index contributed by atoms with van der Waals surface area (Å²) in [5, 5.41) is 0. The highest BCUT2D eigenvalue weighted by atomic mass is 16.1. The first-order chi connectivity index (χ1) is 6.54. The Hall–Kier alpha value is -1.25. The van der Waals surface area contributed by atoms with Crippen molar-refractivity contribution < 1.29 is 4.79 Å². The van der Waals surface area contributed by atoms with Gasteiger partial charge in [0, 0.05) is 12.4 Å². The van der Waals surface area contributed by atoms with E-state index in [9.17, 15) is 4.79 Å². The second-order valence-corrected chi connectivity index (χ2v) is 3.86. The van der Waals surface area contributed by atoms with Gasteiger partial charge in [-0.15, -0.1) is 0 Å². The minimum Gasteiger partial charge on any atom is -0.299 e. The molecule has 1 aromatic rings. The van der Waals surface area contributed by atoms with Crippen LogP contribution in [-0.4, -0.2) is 15.8 Å². The zero-order valence-corrected chi connectivity index (χ0v) is 9.11. The largest absolute Gasteiger partial charge is 0.299 e. The van der Waals surface area contributed by atoms with Crippen molar-refractivity contribution in [2.24, 2.45) is 5.92 Å². The van der Waals surface area contributed by atoms with E-state index in [-0.39, 0.29) is 17.6 Å². The molecule has 0 amide bonds. The molecular weight excluding hydrogens is 176 g/mol. The summed E-state index contributed by atoms with van der Waals surface area (Å²) >= 11 is 0. The van der Waals surface area contributed by atoms with Crippen LogP contribution in [0.5, 0.6) is 0 Å². The third-order valence-electron chi connectivity index (χ3n) is 2.32. The van der Waals surface area contributed by atoms with E-state index in [2.05, 4.69) is 9.97 Å². The molecule has 0 aromatic carbocycles. The lowest BCUT2D eigenvalue weighted by Crippen LogP contribution is -2.18. The summed E-state index contributed by atoms with van der Waals surface area (Å²) in [6.07, 6.45) is 3.29. The summed E-state index contributed by atoms with van der Waals surface area (Å²) in [6.45, 7) is 7.56. The Morgan fingerprint density at radius 1 is 1.29 bits per heavy atom. The Balaban J connectivity index is 3.12. The molecule has 1 heterocycles. The lowest BCUT2D eigenvalue weighted by molar-refractivity contribution is -0.119. The van der Waals surface area contributed by atoms with E-state index in [1.165, 1.54) is 0 Å². The van der Waals surface area contributed by atoms with Crippen LogP contribution in [0.2, 0.25) is 0 Å². The van der Waals surface area contributed by atoms with E-state index in [4.69, 9.17) is 0 Å². The molecule has 14 heavy (non-hydrogen) atoms. The molecule has 3 heteroatoms. The Bertz CT molecular complexity index is 334. The number of nitrogens with zero attached hydrogens (tertiary/aromatic N) is 2. The Labute approximate surface area is 84.6 Å². The highest BCUT2D eigenvalue weighted by Crippen LogP contribution is 2.24. The number of aromatic nitrogens is 2. The standard InChI is InChI=1S/C11H16N2O/c1-7(2)10(9(4)14)11-8(3)12-5-6-13-11/h5-7,10H,1-4H3. The number of carbonyl (C=O) groups is 1. The molecule has 0 fully saturated rings. The average Bonchev–Trinajstić information content (AvgIpc) is 2.07. The molecule has 0 radical (unpaired) electrons. The highest BCUT2D eigenvalue weighted by molar-refractivity contribution is 5.83. The molecule has 0 saturated heterocycles. The maximum absolute atomic E-state index is 11.5. The number of hydrogen-bond acceptors (Lipinski definition) is 3. The lowest BCUT2D eigenvalue weighted by Gasteiger charge is -2.18. The molecule has 1 rings (SSSR count). The van der Waals surface area contributed by atoms with Crippen molar-refractivity contribution in [3.8, 4) is 0 Å². The van der Waals surface area contributed by atoms with Crippen LogP contribution in [0.3, 0.4) is 0 Å². The van der Waals surface area contributed by atoms with Crippen molar-refractivity contribution in [3.63, 3.8) is 0 Å². The van der Waals surface area contributed by atoms with E-state index < -0.39 is 0 Å². The van der Waals surface area contributed by atoms with Crippen LogP contribution in [0, 0.1) is 12.8 Å². The third-order valence-corrected chi connectivity index (χ3v) is 2.32. The molecule has 1 aromatic heterocycles. The maximum atomic E-state index is 11.5. The van der Waals surface area contributed by atoms with Gasteiger partial charge >= 0.3 is 0 Å². The lowest BCUT2D eigenvalue weighted by atomic mass is 9.88. The van der Waals surface area contributed by atoms with Crippen molar-refractivity contribution in [1.82, 2.24) is 9.97 Å². The van der Waals surface area contributed by atoms with Gasteiger partial charge in [-0.3, -0.25) is 14.8 Å². The van der Waals surface area contributed by atoms with Crippen LogP contribution in [0.15, 0.2) is 12.4 Å². The zero-order chi connectivity index (χ0) is 10.7. The fourth-order valence-electron chi connectivity index (χ4n) is 1.70. The van der Waals surface area contributed by atoms with Crippen LogP contribution < -0.4 is 0 Å². The maximum Gasteiger partial charge on any atom is 0.139 e. The van der Waals surface area contributed by atoms with Crippen molar-refractivity contribution in [2.75, 3.05) is 0 Å². The minimum atomic E-state index is -0.122. The van der Waals surface area contributed by atoms with Crippen LogP contribution in [-0.2, 0) is 4.79 Å². The molecule has 0 bridgehead atoms. The van der Waals surface area contributed by atoms with Crippen molar-refractivity contribution in [1.29, 1.82) is 0 Å². The van der Waals surface area contributed by atoms with Gasteiger partial charge in [-0.2, -0.15) is 0 Å². The van der Waals surface area contributed by atoms with Gasteiger partial charge in [0.05, 0.1) is 17.3 Å².